The fourth-order valence-electron chi connectivity index (χ4n) is 2.46. The van der Waals surface area contributed by atoms with E-state index in [4.69, 9.17) is 11.6 Å². The molecule has 0 radical (unpaired) electrons. The van der Waals surface area contributed by atoms with Crippen LogP contribution in [0.5, 0.6) is 0 Å². The summed E-state index contributed by atoms with van der Waals surface area (Å²) in [6.45, 7) is 0.483. The second kappa shape index (κ2) is 6.87. The van der Waals surface area contributed by atoms with Crippen molar-refractivity contribution in [2.45, 2.75) is 25.0 Å². The maximum Gasteiger partial charge on any atom is 0.238 e. The highest BCUT2D eigenvalue weighted by Crippen LogP contribution is 2.23. The molecule has 5 nitrogen and oxygen atoms in total. The molecule has 0 saturated carbocycles. The smallest absolute Gasteiger partial charge is 0.238 e. The zero-order valence-electron chi connectivity index (χ0n) is 11.9. The first-order chi connectivity index (χ1) is 10.7. The molecule has 2 heterocycles. The lowest BCUT2D eigenvalue weighted by molar-refractivity contribution is -0.123. The number of benzene rings is 1. The van der Waals surface area contributed by atoms with Gasteiger partial charge in [-0.25, -0.2) is 10.9 Å². The summed E-state index contributed by atoms with van der Waals surface area (Å²) in [5.41, 5.74) is 8.29. The first kappa shape index (κ1) is 15.0. The van der Waals surface area contributed by atoms with Gasteiger partial charge in [-0.2, -0.15) is 0 Å². The number of carbonyl (C=O) groups is 1. The molecule has 1 fully saturated rings. The number of rotatable bonds is 4. The predicted molar refractivity (Wildman–Crippen MR) is 85.0 cm³/mol. The second-order valence-corrected chi connectivity index (χ2v) is 5.70. The number of pyridine rings is 1. The van der Waals surface area contributed by atoms with E-state index in [2.05, 4.69) is 21.2 Å². The highest BCUT2D eigenvalue weighted by molar-refractivity contribution is 6.30. The Bertz CT molecular complexity index is 632. The van der Waals surface area contributed by atoms with Gasteiger partial charge in [-0.3, -0.25) is 9.78 Å². The fraction of sp³-hybridized carbons (Fsp3) is 0.250. The number of hydrogen-bond acceptors (Lipinski definition) is 4. The van der Waals surface area contributed by atoms with Crippen LogP contribution in [-0.4, -0.2) is 16.9 Å². The zero-order valence-corrected chi connectivity index (χ0v) is 12.7. The highest BCUT2D eigenvalue weighted by Gasteiger charge is 2.29. The average Bonchev–Trinajstić information content (AvgIpc) is 3.04. The summed E-state index contributed by atoms with van der Waals surface area (Å²) in [4.78, 5) is 16.2. The third kappa shape index (κ3) is 3.62. The van der Waals surface area contributed by atoms with Gasteiger partial charge in [0, 0.05) is 30.0 Å². The molecule has 1 aromatic heterocycles. The molecule has 2 aromatic rings. The molecule has 0 spiro atoms. The number of hydrogen-bond donors (Lipinski definition) is 3. The summed E-state index contributed by atoms with van der Waals surface area (Å²) in [6.07, 6.45) is 4.15. The van der Waals surface area contributed by atoms with Crippen molar-refractivity contribution in [3.8, 4) is 0 Å². The molecular weight excluding hydrogens is 300 g/mol. The zero-order chi connectivity index (χ0) is 15.4. The van der Waals surface area contributed by atoms with Crippen LogP contribution in [-0.2, 0) is 11.3 Å². The molecule has 1 aliphatic heterocycles. The molecule has 1 aliphatic rings. The van der Waals surface area contributed by atoms with E-state index in [1.165, 1.54) is 0 Å². The van der Waals surface area contributed by atoms with Crippen molar-refractivity contribution in [1.29, 1.82) is 0 Å². The van der Waals surface area contributed by atoms with E-state index in [1.54, 1.807) is 12.4 Å². The Labute approximate surface area is 134 Å². The molecule has 0 aliphatic carbocycles. The van der Waals surface area contributed by atoms with Crippen molar-refractivity contribution in [3.63, 3.8) is 0 Å². The summed E-state index contributed by atoms with van der Waals surface area (Å²) in [6, 6.07) is 11.3. The van der Waals surface area contributed by atoms with Crippen LogP contribution in [0.3, 0.4) is 0 Å². The molecule has 22 heavy (non-hydrogen) atoms. The average molecular weight is 317 g/mol. The van der Waals surface area contributed by atoms with Gasteiger partial charge < -0.3 is 5.32 Å². The molecule has 3 N–H and O–H groups in total. The maximum atomic E-state index is 12.2. The topological polar surface area (TPSA) is 66.0 Å². The fourth-order valence-corrected chi connectivity index (χ4v) is 2.58. The molecule has 1 amide bonds. The van der Waals surface area contributed by atoms with Crippen LogP contribution in [0.25, 0.3) is 0 Å². The minimum absolute atomic E-state index is 0.0205. The van der Waals surface area contributed by atoms with Crippen molar-refractivity contribution in [3.05, 3.63) is 64.9 Å². The van der Waals surface area contributed by atoms with Crippen molar-refractivity contribution >= 4 is 17.5 Å². The second-order valence-electron chi connectivity index (χ2n) is 5.26. The Hall–Kier alpha value is -1.95. The summed E-state index contributed by atoms with van der Waals surface area (Å²) in [5, 5.41) is 3.63. The highest BCUT2D eigenvalue weighted by atomic mass is 35.5. The van der Waals surface area contributed by atoms with Gasteiger partial charge in [0.15, 0.2) is 0 Å². The van der Waals surface area contributed by atoms with Gasteiger partial charge in [0.05, 0.1) is 0 Å². The van der Waals surface area contributed by atoms with E-state index >= 15 is 0 Å². The van der Waals surface area contributed by atoms with E-state index in [1.807, 2.05) is 36.4 Å². The lowest BCUT2D eigenvalue weighted by Gasteiger charge is -2.10. The molecule has 2 unspecified atom stereocenters. The van der Waals surface area contributed by atoms with Gasteiger partial charge >= 0.3 is 0 Å². The Morgan fingerprint density at radius 1 is 1.27 bits per heavy atom. The van der Waals surface area contributed by atoms with E-state index in [-0.39, 0.29) is 18.0 Å². The molecule has 114 valence electrons. The Balaban J connectivity index is 1.53. The third-order valence-electron chi connectivity index (χ3n) is 3.68. The van der Waals surface area contributed by atoms with Gasteiger partial charge in [-0.15, -0.1) is 0 Å². The van der Waals surface area contributed by atoms with Crippen molar-refractivity contribution in [2.24, 2.45) is 0 Å². The molecule has 6 heteroatoms. The van der Waals surface area contributed by atoms with Gasteiger partial charge in [-0.1, -0.05) is 29.8 Å². The first-order valence-electron chi connectivity index (χ1n) is 7.15. The van der Waals surface area contributed by atoms with Gasteiger partial charge in [0.1, 0.15) is 6.04 Å². The normalized spacial score (nSPS) is 20.8. The monoisotopic (exact) mass is 316 g/mol. The SMILES string of the molecule is O=C(NCc1cccnc1)C1CC(c2ccc(Cl)cc2)NN1. The molecular formula is C16H17ClN4O. The molecule has 1 saturated heterocycles. The van der Waals surface area contributed by atoms with Crippen LogP contribution >= 0.6 is 11.6 Å². The lowest BCUT2D eigenvalue weighted by atomic mass is 10.0. The van der Waals surface area contributed by atoms with E-state index in [0.29, 0.717) is 18.0 Å². The van der Waals surface area contributed by atoms with Crippen LogP contribution < -0.4 is 16.2 Å². The van der Waals surface area contributed by atoms with Gasteiger partial charge in [0.2, 0.25) is 5.91 Å². The van der Waals surface area contributed by atoms with Gasteiger partial charge in [0.25, 0.3) is 0 Å². The summed E-state index contributed by atoms with van der Waals surface area (Å²) >= 11 is 5.89. The number of nitrogens with one attached hydrogen (secondary N) is 3. The molecule has 0 bridgehead atoms. The first-order valence-corrected chi connectivity index (χ1v) is 7.53. The van der Waals surface area contributed by atoms with Crippen LogP contribution in [0, 0.1) is 0 Å². The number of nitrogens with zero attached hydrogens (tertiary/aromatic N) is 1. The standard InChI is InChI=1S/C16H17ClN4O/c17-13-5-3-12(4-6-13)14-8-15(21-20-14)16(22)19-10-11-2-1-7-18-9-11/h1-7,9,14-15,20-21H,8,10H2,(H,19,22). The number of halogens is 1. The van der Waals surface area contributed by atoms with E-state index < -0.39 is 0 Å². The van der Waals surface area contributed by atoms with Crippen LogP contribution in [0.15, 0.2) is 48.8 Å². The van der Waals surface area contributed by atoms with Crippen molar-refractivity contribution in [2.75, 3.05) is 0 Å². The predicted octanol–water partition coefficient (Wildman–Crippen LogP) is 1.96. The third-order valence-corrected chi connectivity index (χ3v) is 3.93. The molecule has 1 aromatic carbocycles. The summed E-state index contributed by atoms with van der Waals surface area (Å²) < 4.78 is 0. The Morgan fingerprint density at radius 2 is 2.09 bits per heavy atom. The van der Waals surface area contributed by atoms with Crippen molar-refractivity contribution < 1.29 is 4.79 Å². The van der Waals surface area contributed by atoms with Crippen LogP contribution in [0.1, 0.15) is 23.6 Å². The summed E-state index contributed by atoms with van der Waals surface area (Å²) in [5.74, 6) is -0.0205. The minimum Gasteiger partial charge on any atom is -0.351 e. The van der Waals surface area contributed by atoms with Gasteiger partial charge in [-0.05, 0) is 35.7 Å². The maximum absolute atomic E-state index is 12.2. The number of amides is 1. The van der Waals surface area contributed by atoms with E-state index in [0.717, 1.165) is 11.1 Å². The quantitative estimate of drug-likeness (QED) is 0.807. The van der Waals surface area contributed by atoms with Crippen LogP contribution in [0.2, 0.25) is 5.02 Å². The molecule has 3 rings (SSSR count). The minimum atomic E-state index is -0.252. The largest absolute Gasteiger partial charge is 0.351 e. The van der Waals surface area contributed by atoms with Crippen LogP contribution in [0.4, 0.5) is 0 Å². The number of carbonyl (C=O) groups excluding carboxylic acids is 1. The number of hydrazine groups is 1. The molecule has 2 atom stereocenters. The van der Waals surface area contributed by atoms with E-state index in [9.17, 15) is 4.79 Å². The summed E-state index contributed by atoms with van der Waals surface area (Å²) in [7, 11) is 0. The lowest BCUT2D eigenvalue weighted by Crippen LogP contribution is -2.42. The Morgan fingerprint density at radius 3 is 2.82 bits per heavy atom. The Kier molecular flexibility index (Phi) is 4.68. The van der Waals surface area contributed by atoms with Crippen molar-refractivity contribution in [1.82, 2.24) is 21.2 Å². The number of aromatic nitrogens is 1.